The summed E-state index contributed by atoms with van der Waals surface area (Å²) in [7, 11) is 0. The van der Waals surface area contributed by atoms with Gasteiger partial charge in [0.15, 0.2) is 28.7 Å². The predicted octanol–water partition coefficient (Wildman–Crippen LogP) is -3.71. The fourth-order valence-electron chi connectivity index (χ4n) is 3.54. The van der Waals surface area contributed by atoms with Gasteiger partial charge in [0.2, 0.25) is 16.9 Å². The van der Waals surface area contributed by atoms with Crippen LogP contribution in [0.1, 0.15) is 27.7 Å². The number of nitrogens with one attached hydrogen (secondary N) is 1. The molecular weight excluding hydrogens is 368 g/mol. The zero-order chi connectivity index (χ0) is 21.6. The Labute approximate surface area is 153 Å². The van der Waals surface area contributed by atoms with E-state index in [1.165, 1.54) is 0 Å². The van der Waals surface area contributed by atoms with Crippen LogP contribution in [-0.2, 0) is 23.9 Å². The van der Waals surface area contributed by atoms with Gasteiger partial charge in [-0.05, 0) is 27.7 Å². The standard InChI is InChI=1S/C15H22N2O10/c1-6(19)12(24)10(5-18)27-15(9(4)22,17-11(16)23)14(26,8(3)21)13(12,25)7(2)20/h10,18,24-26H,5H2,1-4H3,(H3,16,17,23)/t10-,12+,13+,14-,15?/m1/s1. The van der Waals surface area contributed by atoms with E-state index in [9.17, 15) is 44.4 Å². The number of Topliss-reactive ketones (excluding diaryl/α,β-unsaturated/α-hetero) is 4. The molecule has 0 saturated carbocycles. The highest BCUT2D eigenvalue weighted by molar-refractivity contribution is 6.10. The van der Waals surface area contributed by atoms with Gasteiger partial charge in [0.25, 0.3) is 0 Å². The van der Waals surface area contributed by atoms with E-state index in [1.807, 2.05) is 0 Å². The molecule has 1 aliphatic heterocycles. The van der Waals surface area contributed by atoms with Crippen LogP contribution in [0, 0.1) is 0 Å². The molecular formula is C15H22N2O10. The van der Waals surface area contributed by atoms with Gasteiger partial charge in [0.05, 0.1) is 6.61 Å². The number of hydrogen-bond donors (Lipinski definition) is 6. The van der Waals surface area contributed by atoms with E-state index in [-0.39, 0.29) is 0 Å². The molecule has 7 N–H and O–H groups in total. The Morgan fingerprint density at radius 1 is 0.889 bits per heavy atom. The van der Waals surface area contributed by atoms with Gasteiger partial charge in [-0.2, -0.15) is 0 Å². The summed E-state index contributed by atoms with van der Waals surface area (Å²) in [5.74, 6) is -5.71. The molecule has 1 fully saturated rings. The highest BCUT2D eigenvalue weighted by Crippen LogP contribution is 2.50. The number of carbonyl (C=O) groups is 5. The molecule has 0 aromatic heterocycles. The molecule has 1 heterocycles. The van der Waals surface area contributed by atoms with Gasteiger partial charge >= 0.3 is 6.03 Å². The Bertz CT molecular complexity index is 723. The van der Waals surface area contributed by atoms with Crippen molar-refractivity contribution < 1.29 is 49.1 Å². The van der Waals surface area contributed by atoms with E-state index < -0.39 is 64.4 Å². The van der Waals surface area contributed by atoms with Crippen LogP contribution < -0.4 is 11.1 Å². The lowest BCUT2D eigenvalue weighted by molar-refractivity contribution is -0.346. The second-order valence-corrected chi connectivity index (χ2v) is 6.37. The average Bonchev–Trinajstić information content (AvgIpc) is 2.53. The second kappa shape index (κ2) is 6.73. The number of primary amides is 1. The minimum atomic E-state index is -3.70. The first-order chi connectivity index (χ1) is 12.1. The van der Waals surface area contributed by atoms with Crippen LogP contribution in [0.2, 0.25) is 0 Å². The summed E-state index contributed by atoms with van der Waals surface area (Å²) in [5.41, 5.74) is -8.94. The second-order valence-electron chi connectivity index (χ2n) is 6.37. The SMILES string of the molecule is CC(=O)C1(NC(N)=O)O[C@H](CO)[C@@](O)(C(C)=O)[C@@](O)(C(C)=O)[C@]1(O)C(C)=O. The summed E-state index contributed by atoms with van der Waals surface area (Å²) in [6, 6.07) is -1.51. The van der Waals surface area contributed by atoms with Crippen molar-refractivity contribution in [1.82, 2.24) is 5.32 Å². The number of carbonyl (C=O) groups excluding carboxylic acids is 5. The van der Waals surface area contributed by atoms with Crippen LogP contribution >= 0.6 is 0 Å². The molecule has 12 heteroatoms. The summed E-state index contributed by atoms with van der Waals surface area (Å²) >= 11 is 0. The fourth-order valence-corrected chi connectivity index (χ4v) is 3.54. The molecule has 0 spiro atoms. The van der Waals surface area contributed by atoms with E-state index in [4.69, 9.17) is 10.5 Å². The zero-order valence-corrected chi connectivity index (χ0v) is 15.1. The Morgan fingerprint density at radius 2 is 1.33 bits per heavy atom. The number of rotatable bonds is 6. The van der Waals surface area contributed by atoms with Gasteiger partial charge in [0, 0.05) is 0 Å². The Balaban J connectivity index is 4.18. The first-order valence-corrected chi connectivity index (χ1v) is 7.68. The molecule has 152 valence electrons. The lowest BCUT2D eigenvalue weighted by Crippen LogP contribution is -2.93. The highest BCUT2D eigenvalue weighted by Gasteiger charge is 2.84. The first-order valence-electron chi connectivity index (χ1n) is 7.68. The number of ketones is 4. The molecule has 5 atom stereocenters. The number of urea groups is 1. The summed E-state index contributed by atoms with van der Waals surface area (Å²) in [6.45, 7) is 1.41. The minimum Gasteiger partial charge on any atom is -0.394 e. The van der Waals surface area contributed by atoms with Crippen molar-refractivity contribution in [3.05, 3.63) is 0 Å². The van der Waals surface area contributed by atoms with Crippen molar-refractivity contribution in [2.45, 2.75) is 56.3 Å². The lowest BCUT2D eigenvalue weighted by Gasteiger charge is -2.61. The number of aliphatic hydroxyl groups excluding tert-OH is 1. The van der Waals surface area contributed by atoms with Crippen molar-refractivity contribution in [3.63, 3.8) is 0 Å². The van der Waals surface area contributed by atoms with Crippen molar-refractivity contribution in [2.24, 2.45) is 5.73 Å². The average molecular weight is 390 g/mol. The van der Waals surface area contributed by atoms with Gasteiger partial charge in [-0.3, -0.25) is 19.2 Å². The van der Waals surface area contributed by atoms with Gasteiger partial charge < -0.3 is 36.2 Å². The maximum Gasteiger partial charge on any atom is 0.314 e. The van der Waals surface area contributed by atoms with Crippen LogP contribution in [0.25, 0.3) is 0 Å². The predicted molar refractivity (Wildman–Crippen MR) is 85.0 cm³/mol. The molecule has 0 radical (unpaired) electrons. The quantitative estimate of drug-likeness (QED) is 0.261. The minimum absolute atomic E-state index is 0.622. The molecule has 1 aliphatic rings. The number of ether oxygens (including phenoxy) is 1. The van der Waals surface area contributed by atoms with Crippen LogP contribution in [0.15, 0.2) is 0 Å². The fraction of sp³-hybridized carbons (Fsp3) is 0.667. The topological polar surface area (TPSA) is 214 Å². The molecule has 0 aliphatic carbocycles. The maximum absolute atomic E-state index is 12.4. The summed E-state index contributed by atoms with van der Waals surface area (Å²) in [4.78, 5) is 60.7. The third kappa shape index (κ3) is 2.52. The molecule has 12 nitrogen and oxygen atoms in total. The first kappa shape index (κ1) is 22.8. The molecule has 0 aromatic rings. The molecule has 27 heavy (non-hydrogen) atoms. The molecule has 1 unspecified atom stereocenters. The number of hydrogen-bond acceptors (Lipinski definition) is 10. The molecule has 1 rings (SSSR count). The van der Waals surface area contributed by atoms with E-state index in [1.54, 1.807) is 5.32 Å². The molecule has 0 bridgehead atoms. The van der Waals surface area contributed by atoms with Crippen molar-refractivity contribution in [2.75, 3.05) is 6.61 Å². The Morgan fingerprint density at radius 3 is 1.59 bits per heavy atom. The van der Waals surface area contributed by atoms with E-state index in [0.29, 0.717) is 20.8 Å². The largest absolute Gasteiger partial charge is 0.394 e. The summed E-state index contributed by atoms with van der Waals surface area (Å²) < 4.78 is 5.13. The zero-order valence-electron chi connectivity index (χ0n) is 15.1. The van der Waals surface area contributed by atoms with Crippen LogP contribution in [0.3, 0.4) is 0 Å². The van der Waals surface area contributed by atoms with Gasteiger partial charge in [-0.15, -0.1) is 0 Å². The summed E-state index contributed by atoms with van der Waals surface area (Å²) in [5, 5.41) is 44.3. The highest BCUT2D eigenvalue weighted by atomic mass is 16.6. The van der Waals surface area contributed by atoms with Crippen LogP contribution in [0.4, 0.5) is 4.79 Å². The van der Waals surface area contributed by atoms with Crippen molar-refractivity contribution in [3.8, 4) is 0 Å². The smallest absolute Gasteiger partial charge is 0.314 e. The van der Waals surface area contributed by atoms with E-state index in [2.05, 4.69) is 0 Å². The van der Waals surface area contributed by atoms with E-state index >= 15 is 0 Å². The van der Waals surface area contributed by atoms with Crippen LogP contribution in [-0.4, -0.2) is 84.8 Å². The number of amides is 2. The molecule has 0 aromatic carbocycles. The third-order valence-corrected chi connectivity index (χ3v) is 4.89. The van der Waals surface area contributed by atoms with Crippen molar-refractivity contribution >= 4 is 29.2 Å². The Kier molecular flexibility index (Phi) is 5.68. The molecule has 2 amide bonds. The maximum atomic E-state index is 12.4. The number of nitrogens with two attached hydrogens (primary N) is 1. The molecule has 1 saturated heterocycles. The van der Waals surface area contributed by atoms with E-state index in [0.717, 1.165) is 6.92 Å². The number of aliphatic hydroxyl groups is 4. The third-order valence-electron chi connectivity index (χ3n) is 4.89. The Hall–Kier alpha value is -2.25. The monoisotopic (exact) mass is 390 g/mol. The van der Waals surface area contributed by atoms with Gasteiger partial charge in [-0.1, -0.05) is 0 Å². The van der Waals surface area contributed by atoms with Gasteiger partial charge in [0.1, 0.15) is 6.10 Å². The summed E-state index contributed by atoms with van der Waals surface area (Å²) in [6.07, 6.45) is -2.21. The van der Waals surface area contributed by atoms with Gasteiger partial charge in [-0.25, -0.2) is 4.79 Å². The van der Waals surface area contributed by atoms with Crippen LogP contribution in [0.5, 0.6) is 0 Å². The lowest BCUT2D eigenvalue weighted by atomic mass is 9.57. The normalized spacial score (nSPS) is 38.7. The van der Waals surface area contributed by atoms with Crippen molar-refractivity contribution in [1.29, 1.82) is 0 Å².